The monoisotopic (exact) mass is 645 g/mol. The van der Waals surface area contributed by atoms with Gasteiger partial charge in [0.25, 0.3) is 0 Å². The lowest BCUT2D eigenvalue weighted by molar-refractivity contribution is 0.251. The molecule has 3 N–H and O–H groups in total. The second kappa shape index (κ2) is 13.3. The summed E-state index contributed by atoms with van der Waals surface area (Å²) < 4.78 is 14.7. The molecular formula is C34H35N11O3. The van der Waals surface area contributed by atoms with Crippen molar-refractivity contribution in [1.29, 1.82) is 0 Å². The number of benzene rings is 1. The first-order chi connectivity index (χ1) is 23.5. The summed E-state index contributed by atoms with van der Waals surface area (Å²) in [4.78, 5) is 33.3. The molecule has 48 heavy (non-hydrogen) atoms. The number of anilines is 3. The van der Waals surface area contributed by atoms with E-state index in [1.54, 1.807) is 37.4 Å². The van der Waals surface area contributed by atoms with E-state index in [1.807, 2.05) is 66.5 Å². The van der Waals surface area contributed by atoms with Crippen LogP contribution < -0.4 is 30.3 Å². The molecular weight excluding hydrogens is 610 g/mol. The number of fused-ring (bicyclic) bond motifs is 1. The number of ether oxygens (including phenoxy) is 2. The van der Waals surface area contributed by atoms with Crippen LogP contribution in [-0.2, 0) is 20.1 Å². The molecule has 14 nitrogen and oxygen atoms in total. The van der Waals surface area contributed by atoms with E-state index in [-0.39, 0.29) is 12.6 Å². The van der Waals surface area contributed by atoms with Crippen LogP contribution in [0.25, 0.3) is 28.0 Å². The number of nitrogens with zero attached hydrogens (tertiary/aromatic N) is 8. The lowest BCUT2D eigenvalue weighted by atomic mass is 10.1. The summed E-state index contributed by atoms with van der Waals surface area (Å²) in [6.45, 7) is 2.68. The summed E-state index contributed by atoms with van der Waals surface area (Å²) in [6, 6.07) is 14.9. The van der Waals surface area contributed by atoms with E-state index in [0.717, 1.165) is 58.8 Å². The number of aryl methyl sites for hydroxylation is 1. The Morgan fingerprint density at radius 2 is 1.90 bits per heavy atom. The van der Waals surface area contributed by atoms with Crippen molar-refractivity contribution in [3.8, 4) is 28.4 Å². The third kappa shape index (κ3) is 6.27. The minimum atomic E-state index is -0.352. The highest BCUT2D eigenvalue weighted by Gasteiger charge is 2.20. The van der Waals surface area contributed by atoms with Crippen molar-refractivity contribution < 1.29 is 14.3 Å². The molecule has 7 rings (SSSR count). The van der Waals surface area contributed by atoms with Gasteiger partial charge in [-0.1, -0.05) is 6.07 Å². The summed E-state index contributed by atoms with van der Waals surface area (Å²) in [7, 11) is 5.14. The quantitative estimate of drug-likeness (QED) is 0.180. The fraction of sp³-hybridized carbons (Fsp3) is 0.235. The maximum atomic E-state index is 12.8. The zero-order chi connectivity index (χ0) is 33.0. The number of methoxy groups -OCH3 is 2. The van der Waals surface area contributed by atoms with E-state index in [9.17, 15) is 4.79 Å². The zero-order valence-electron chi connectivity index (χ0n) is 26.8. The number of nitrogens with one attached hydrogen (secondary N) is 3. The van der Waals surface area contributed by atoms with E-state index in [0.29, 0.717) is 35.3 Å². The highest BCUT2D eigenvalue weighted by atomic mass is 16.5. The van der Waals surface area contributed by atoms with Gasteiger partial charge in [0.1, 0.15) is 35.3 Å². The number of hydrogen-bond acceptors (Lipinski definition) is 10. The number of amides is 2. The molecule has 1 aliphatic rings. The first-order valence-corrected chi connectivity index (χ1v) is 15.5. The predicted octanol–water partition coefficient (Wildman–Crippen LogP) is 4.77. The molecule has 0 unspecified atom stereocenters. The Bertz CT molecular complexity index is 2090. The molecule has 6 aromatic rings. The highest BCUT2D eigenvalue weighted by molar-refractivity contribution is 6.01. The molecule has 1 aliphatic heterocycles. The highest BCUT2D eigenvalue weighted by Crippen LogP contribution is 2.35. The fourth-order valence-electron chi connectivity index (χ4n) is 5.58. The Morgan fingerprint density at radius 1 is 1.00 bits per heavy atom. The van der Waals surface area contributed by atoms with Gasteiger partial charge in [0.2, 0.25) is 0 Å². The van der Waals surface area contributed by atoms with Gasteiger partial charge in [0.15, 0.2) is 5.65 Å². The van der Waals surface area contributed by atoms with Gasteiger partial charge in [-0.25, -0.2) is 19.7 Å². The van der Waals surface area contributed by atoms with Gasteiger partial charge in [0.05, 0.1) is 37.2 Å². The van der Waals surface area contributed by atoms with Crippen molar-refractivity contribution in [3.05, 3.63) is 90.8 Å². The van der Waals surface area contributed by atoms with Crippen LogP contribution in [0.2, 0.25) is 0 Å². The van der Waals surface area contributed by atoms with Gasteiger partial charge in [0, 0.05) is 69.0 Å². The average Bonchev–Trinajstić information content (AvgIpc) is 3.70. The third-order valence-electron chi connectivity index (χ3n) is 8.18. The van der Waals surface area contributed by atoms with E-state index >= 15 is 0 Å². The number of hydrogen-bond donors (Lipinski definition) is 3. The number of carbonyl (C=O) groups excluding carboxylic acids is 1. The minimum Gasteiger partial charge on any atom is -0.497 e. The lowest BCUT2D eigenvalue weighted by Crippen LogP contribution is -2.37. The topological polar surface area (TPSA) is 149 Å². The van der Waals surface area contributed by atoms with E-state index < -0.39 is 0 Å². The van der Waals surface area contributed by atoms with Crippen LogP contribution in [-0.4, -0.2) is 67.6 Å². The first-order valence-electron chi connectivity index (χ1n) is 15.5. The van der Waals surface area contributed by atoms with E-state index in [4.69, 9.17) is 9.47 Å². The molecule has 1 saturated heterocycles. The maximum Gasteiger partial charge on any atom is 0.320 e. The molecule has 6 heterocycles. The fourth-order valence-corrected chi connectivity index (χ4v) is 5.58. The molecule has 2 amide bonds. The van der Waals surface area contributed by atoms with Gasteiger partial charge in [-0.2, -0.15) is 5.10 Å². The molecule has 14 heteroatoms. The second-order valence-corrected chi connectivity index (χ2v) is 11.3. The molecule has 0 spiro atoms. The summed E-state index contributed by atoms with van der Waals surface area (Å²) in [5.74, 6) is 3.43. The number of rotatable bonds is 11. The van der Waals surface area contributed by atoms with Crippen molar-refractivity contribution in [2.45, 2.75) is 19.5 Å². The van der Waals surface area contributed by atoms with Gasteiger partial charge >= 0.3 is 6.03 Å². The summed E-state index contributed by atoms with van der Waals surface area (Å²) in [5, 5.41) is 14.7. The predicted molar refractivity (Wildman–Crippen MR) is 183 cm³/mol. The van der Waals surface area contributed by atoms with Crippen LogP contribution in [0.15, 0.2) is 79.6 Å². The van der Waals surface area contributed by atoms with Gasteiger partial charge in [-0.3, -0.25) is 19.5 Å². The summed E-state index contributed by atoms with van der Waals surface area (Å²) in [5.41, 5.74) is 4.82. The Hall–Kier alpha value is -6.18. The minimum absolute atomic E-state index is 0.260. The summed E-state index contributed by atoms with van der Waals surface area (Å²) >= 11 is 0. The van der Waals surface area contributed by atoms with Crippen LogP contribution in [0, 0.1) is 0 Å². The van der Waals surface area contributed by atoms with Crippen molar-refractivity contribution in [1.82, 2.24) is 39.6 Å². The zero-order valence-corrected chi connectivity index (χ0v) is 26.8. The molecule has 1 fully saturated rings. The molecule has 0 saturated carbocycles. The third-order valence-corrected chi connectivity index (χ3v) is 8.18. The van der Waals surface area contributed by atoms with Crippen LogP contribution in [0.1, 0.15) is 17.5 Å². The lowest BCUT2D eigenvalue weighted by Gasteiger charge is -2.32. The Balaban J connectivity index is 1.14. The Kier molecular flexibility index (Phi) is 8.43. The van der Waals surface area contributed by atoms with Crippen LogP contribution in [0.3, 0.4) is 0 Å². The SMILES string of the molecule is COc1ccc(CNc2ncnc3c2c(-c2ccn(C)n2)cn3-c2cncc(CNC(=O)Nc3cccc(N4CCC4)n3)c2)c(OC)c1. The first kappa shape index (κ1) is 30.5. The Labute approximate surface area is 276 Å². The molecule has 244 valence electrons. The van der Waals surface area contributed by atoms with Crippen molar-refractivity contribution in [3.63, 3.8) is 0 Å². The largest absolute Gasteiger partial charge is 0.497 e. The van der Waals surface area contributed by atoms with Crippen molar-refractivity contribution >= 4 is 34.5 Å². The number of carbonyl (C=O) groups is 1. The Morgan fingerprint density at radius 3 is 2.67 bits per heavy atom. The molecule has 1 aromatic carbocycles. The number of pyridine rings is 2. The molecule has 0 radical (unpaired) electrons. The van der Waals surface area contributed by atoms with Gasteiger partial charge in [-0.05, 0) is 48.4 Å². The van der Waals surface area contributed by atoms with Gasteiger partial charge in [-0.15, -0.1) is 0 Å². The van der Waals surface area contributed by atoms with Crippen LogP contribution in [0.4, 0.5) is 22.2 Å². The molecule has 0 aliphatic carbocycles. The van der Waals surface area contributed by atoms with Crippen molar-refractivity contribution in [2.75, 3.05) is 42.8 Å². The normalized spacial score (nSPS) is 12.4. The molecule has 0 atom stereocenters. The number of urea groups is 1. The average molecular weight is 646 g/mol. The number of aromatic nitrogens is 7. The van der Waals surface area contributed by atoms with Crippen LogP contribution >= 0.6 is 0 Å². The molecule has 0 bridgehead atoms. The van der Waals surface area contributed by atoms with E-state index in [1.165, 1.54) is 6.33 Å². The standard InChI is InChI=1S/C34H35N11O3/c1-43-13-10-27(42-43)26-20-45(33-31(26)32(38-21-39-33)36-18-23-8-9-25(47-2)15-28(23)48-3)24-14-22(16-35-19-24)17-37-34(46)41-29-6-4-7-30(40-29)44-11-5-12-44/h4,6-10,13-16,19-21H,5,11-12,17-18H2,1-3H3,(H,36,38,39)(H2,37,40,41,46). The maximum absolute atomic E-state index is 12.8. The van der Waals surface area contributed by atoms with E-state index in [2.05, 4.69) is 45.9 Å². The van der Waals surface area contributed by atoms with Crippen LogP contribution in [0.5, 0.6) is 11.5 Å². The smallest absolute Gasteiger partial charge is 0.320 e. The summed E-state index contributed by atoms with van der Waals surface area (Å²) in [6.07, 6.45) is 10.0. The molecule has 5 aromatic heterocycles. The van der Waals surface area contributed by atoms with Gasteiger partial charge < -0.3 is 25.0 Å². The second-order valence-electron chi connectivity index (χ2n) is 11.3. The van der Waals surface area contributed by atoms with Crippen molar-refractivity contribution in [2.24, 2.45) is 7.05 Å².